The van der Waals surface area contributed by atoms with Crippen molar-refractivity contribution < 1.29 is 4.74 Å². The summed E-state index contributed by atoms with van der Waals surface area (Å²) in [6, 6.07) is 8.18. The Kier molecular flexibility index (Phi) is 7.06. The number of aromatic nitrogens is 1. The number of guanidine groups is 1. The molecule has 0 unspecified atom stereocenters. The summed E-state index contributed by atoms with van der Waals surface area (Å²) in [5.74, 6) is 1.76. The fraction of sp³-hybridized carbons (Fsp3) is 0.444. The Morgan fingerprint density at radius 2 is 2.04 bits per heavy atom. The van der Waals surface area contributed by atoms with E-state index in [4.69, 9.17) is 4.74 Å². The highest BCUT2D eigenvalue weighted by Crippen LogP contribution is 2.13. The van der Waals surface area contributed by atoms with Crippen molar-refractivity contribution in [3.05, 3.63) is 45.9 Å². The number of rotatable bonds is 7. The first-order chi connectivity index (χ1) is 11.7. The molecule has 2 rings (SSSR count). The van der Waals surface area contributed by atoms with E-state index in [1.165, 1.54) is 10.6 Å². The van der Waals surface area contributed by atoms with E-state index in [1.807, 2.05) is 26.1 Å². The highest BCUT2D eigenvalue weighted by atomic mass is 32.1. The molecule has 24 heavy (non-hydrogen) atoms. The lowest BCUT2D eigenvalue weighted by atomic mass is 10.2. The summed E-state index contributed by atoms with van der Waals surface area (Å²) in [6.07, 6.45) is 0.983. The average molecular weight is 347 g/mol. The van der Waals surface area contributed by atoms with Crippen molar-refractivity contribution in [3.8, 4) is 5.75 Å². The van der Waals surface area contributed by atoms with E-state index in [9.17, 15) is 0 Å². The molecule has 130 valence electrons. The topological polar surface area (TPSA) is 49.8 Å². The first-order valence-electron chi connectivity index (χ1n) is 8.23. The highest BCUT2D eigenvalue weighted by molar-refractivity contribution is 7.09. The molecule has 1 heterocycles. The zero-order valence-electron chi connectivity index (χ0n) is 14.9. The van der Waals surface area contributed by atoms with Crippen LogP contribution in [-0.4, -0.2) is 36.5 Å². The molecule has 0 atom stereocenters. The second-order valence-corrected chi connectivity index (χ2v) is 6.36. The Balaban J connectivity index is 1.89. The molecule has 0 saturated heterocycles. The van der Waals surface area contributed by atoms with Crippen LogP contribution in [0.1, 0.15) is 30.1 Å². The summed E-state index contributed by atoms with van der Waals surface area (Å²) < 4.78 is 5.48. The molecule has 6 heteroatoms. The van der Waals surface area contributed by atoms with Crippen LogP contribution >= 0.6 is 11.3 Å². The van der Waals surface area contributed by atoms with Crippen LogP contribution in [0.3, 0.4) is 0 Å². The van der Waals surface area contributed by atoms with Crippen molar-refractivity contribution in [2.24, 2.45) is 4.99 Å². The molecule has 1 N–H and O–H groups in total. The largest absolute Gasteiger partial charge is 0.494 e. The number of aliphatic imine (C=N–C) groups is 1. The van der Waals surface area contributed by atoms with Crippen LogP contribution in [-0.2, 0) is 19.5 Å². The van der Waals surface area contributed by atoms with Gasteiger partial charge >= 0.3 is 0 Å². The molecule has 0 spiro atoms. The maximum absolute atomic E-state index is 5.48. The van der Waals surface area contributed by atoms with Crippen LogP contribution in [0.25, 0.3) is 0 Å². The number of thiazole rings is 1. The van der Waals surface area contributed by atoms with Gasteiger partial charge in [-0.3, -0.25) is 4.99 Å². The third-order valence-corrected chi connectivity index (χ3v) is 4.60. The van der Waals surface area contributed by atoms with Crippen molar-refractivity contribution in [2.75, 3.05) is 20.7 Å². The van der Waals surface area contributed by atoms with Gasteiger partial charge < -0.3 is 15.0 Å². The quantitative estimate of drug-likeness (QED) is 0.617. The summed E-state index contributed by atoms with van der Waals surface area (Å²) >= 11 is 1.71. The summed E-state index contributed by atoms with van der Waals surface area (Å²) in [4.78, 5) is 11.0. The lowest BCUT2D eigenvalue weighted by Gasteiger charge is -2.22. The predicted octanol–water partition coefficient (Wildman–Crippen LogP) is 3.31. The second kappa shape index (κ2) is 9.27. The Bertz CT molecular complexity index is 651. The van der Waals surface area contributed by atoms with Gasteiger partial charge in [0.15, 0.2) is 5.96 Å². The fourth-order valence-corrected chi connectivity index (χ4v) is 3.10. The van der Waals surface area contributed by atoms with Crippen LogP contribution in [0.15, 0.2) is 34.6 Å². The summed E-state index contributed by atoms with van der Waals surface area (Å²) in [7, 11) is 3.83. The van der Waals surface area contributed by atoms with Gasteiger partial charge in [0.1, 0.15) is 5.75 Å². The van der Waals surface area contributed by atoms with Gasteiger partial charge in [-0.2, -0.15) is 0 Å². The molecule has 1 aromatic heterocycles. The van der Waals surface area contributed by atoms with E-state index in [-0.39, 0.29) is 0 Å². The SMILES string of the molecule is CCOc1ccc(CN(C)C(=NC)NCc2csc(CC)n2)cc1. The normalized spacial score (nSPS) is 11.4. The van der Waals surface area contributed by atoms with Gasteiger partial charge in [0, 0.05) is 26.0 Å². The number of hydrogen-bond acceptors (Lipinski definition) is 4. The first kappa shape index (κ1) is 18.3. The van der Waals surface area contributed by atoms with Crippen LogP contribution in [0, 0.1) is 0 Å². The van der Waals surface area contributed by atoms with Gasteiger partial charge in [-0.15, -0.1) is 11.3 Å². The van der Waals surface area contributed by atoms with Crippen LogP contribution in [0.5, 0.6) is 5.75 Å². The molecule has 0 saturated carbocycles. The number of nitrogens with zero attached hydrogens (tertiary/aromatic N) is 3. The smallest absolute Gasteiger partial charge is 0.194 e. The Labute approximate surface area is 148 Å². The zero-order valence-corrected chi connectivity index (χ0v) is 15.7. The molecule has 0 bridgehead atoms. The highest BCUT2D eigenvalue weighted by Gasteiger charge is 2.08. The fourth-order valence-electron chi connectivity index (χ4n) is 2.35. The predicted molar refractivity (Wildman–Crippen MR) is 101 cm³/mol. The third-order valence-electron chi connectivity index (χ3n) is 3.56. The number of nitrogens with one attached hydrogen (secondary N) is 1. The zero-order chi connectivity index (χ0) is 17.4. The Morgan fingerprint density at radius 3 is 2.62 bits per heavy atom. The van der Waals surface area contributed by atoms with Crippen molar-refractivity contribution in [1.82, 2.24) is 15.2 Å². The second-order valence-electron chi connectivity index (χ2n) is 5.42. The van der Waals surface area contributed by atoms with Gasteiger partial charge in [0.05, 0.1) is 23.9 Å². The lowest BCUT2D eigenvalue weighted by molar-refractivity contribution is 0.340. The Hall–Kier alpha value is -2.08. The maximum atomic E-state index is 5.48. The minimum absolute atomic E-state index is 0.687. The molecule has 0 radical (unpaired) electrons. The van der Waals surface area contributed by atoms with E-state index in [0.29, 0.717) is 13.2 Å². The van der Waals surface area contributed by atoms with E-state index < -0.39 is 0 Å². The Morgan fingerprint density at radius 1 is 1.29 bits per heavy atom. The number of aryl methyl sites for hydroxylation is 1. The van der Waals surface area contributed by atoms with Gasteiger partial charge in [-0.1, -0.05) is 19.1 Å². The first-order valence-corrected chi connectivity index (χ1v) is 9.11. The van der Waals surface area contributed by atoms with Crippen molar-refractivity contribution in [2.45, 2.75) is 33.4 Å². The standard InChI is InChI=1S/C18H26N4OS/c1-5-17-21-15(13-24-17)11-20-18(19-3)22(4)12-14-7-9-16(10-8-14)23-6-2/h7-10,13H,5-6,11-12H2,1-4H3,(H,19,20). The molecule has 1 aromatic carbocycles. The van der Waals surface area contributed by atoms with Crippen molar-refractivity contribution in [3.63, 3.8) is 0 Å². The van der Waals surface area contributed by atoms with Gasteiger partial charge in [-0.25, -0.2) is 4.98 Å². The monoisotopic (exact) mass is 346 g/mol. The lowest BCUT2D eigenvalue weighted by Crippen LogP contribution is -2.38. The number of ether oxygens (including phenoxy) is 1. The third kappa shape index (κ3) is 5.23. The molecule has 0 aliphatic rings. The summed E-state index contributed by atoms with van der Waals surface area (Å²) in [6.45, 7) is 6.27. The minimum Gasteiger partial charge on any atom is -0.494 e. The van der Waals surface area contributed by atoms with E-state index in [0.717, 1.165) is 30.4 Å². The van der Waals surface area contributed by atoms with Crippen LogP contribution in [0.2, 0.25) is 0 Å². The molecular formula is C18H26N4OS. The summed E-state index contributed by atoms with van der Waals surface area (Å²) in [5.41, 5.74) is 2.28. The molecule has 0 aliphatic carbocycles. The molecular weight excluding hydrogens is 320 g/mol. The molecule has 0 fully saturated rings. The maximum Gasteiger partial charge on any atom is 0.194 e. The van der Waals surface area contributed by atoms with Gasteiger partial charge in [-0.05, 0) is 31.0 Å². The van der Waals surface area contributed by atoms with Gasteiger partial charge in [0.25, 0.3) is 0 Å². The van der Waals surface area contributed by atoms with Crippen molar-refractivity contribution in [1.29, 1.82) is 0 Å². The van der Waals surface area contributed by atoms with E-state index in [2.05, 4.69) is 44.6 Å². The average Bonchev–Trinajstić information content (AvgIpc) is 3.05. The van der Waals surface area contributed by atoms with E-state index in [1.54, 1.807) is 18.4 Å². The summed E-state index contributed by atoms with van der Waals surface area (Å²) in [5, 5.41) is 6.64. The van der Waals surface area contributed by atoms with Crippen LogP contribution < -0.4 is 10.1 Å². The number of benzene rings is 1. The molecule has 0 aliphatic heterocycles. The van der Waals surface area contributed by atoms with Crippen LogP contribution in [0.4, 0.5) is 0 Å². The molecule has 2 aromatic rings. The van der Waals surface area contributed by atoms with Crippen molar-refractivity contribution >= 4 is 17.3 Å². The van der Waals surface area contributed by atoms with E-state index >= 15 is 0 Å². The molecule has 0 amide bonds. The van der Waals surface area contributed by atoms with Gasteiger partial charge in [0.2, 0.25) is 0 Å². The molecule has 5 nitrogen and oxygen atoms in total. The minimum atomic E-state index is 0.687. The number of hydrogen-bond donors (Lipinski definition) is 1.